The first kappa shape index (κ1) is 16.8. The molecular weight excluding hydrogens is 344 g/mol. The van der Waals surface area contributed by atoms with E-state index in [0.29, 0.717) is 23.0 Å². The van der Waals surface area contributed by atoms with E-state index in [-0.39, 0.29) is 5.56 Å². The van der Waals surface area contributed by atoms with Crippen molar-refractivity contribution in [3.8, 4) is 11.4 Å². The predicted molar refractivity (Wildman–Crippen MR) is 99.1 cm³/mol. The van der Waals surface area contributed by atoms with E-state index in [1.54, 1.807) is 30.7 Å². The molecule has 2 aliphatic rings. The summed E-state index contributed by atoms with van der Waals surface area (Å²) in [4.78, 5) is 19.8. The van der Waals surface area contributed by atoms with Gasteiger partial charge in [0.15, 0.2) is 17.3 Å². The molecule has 0 saturated heterocycles. The fraction of sp³-hybridized carbons (Fsp3) is 0.0952. The molecule has 1 aliphatic carbocycles. The smallest absolute Gasteiger partial charge is 0.335 e. The van der Waals surface area contributed by atoms with Gasteiger partial charge < -0.3 is 14.6 Å². The van der Waals surface area contributed by atoms with Crippen LogP contribution < -0.4 is 0 Å². The van der Waals surface area contributed by atoms with Gasteiger partial charge >= 0.3 is 5.97 Å². The average molecular weight is 360 g/mol. The minimum atomic E-state index is -0.972. The molecule has 1 aromatic heterocycles. The lowest BCUT2D eigenvalue weighted by molar-refractivity contribution is 0.0697. The fourth-order valence-corrected chi connectivity index (χ4v) is 2.78. The van der Waals surface area contributed by atoms with Gasteiger partial charge in [0, 0.05) is 11.8 Å². The van der Waals surface area contributed by atoms with Crippen LogP contribution in [0.3, 0.4) is 0 Å². The van der Waals surface area contributed by atoms with Gasteiger partial charge in [-0.2, -0.15) is 0 Å². The summed E-state index contributed by atoms with van der Waals surface area (Å²) in [5.41, 5.74) is 2.59. The van der Waals surface area contributed by atoms with E-state index in [1.807, 2.05) is 12.2 Å². The van der Waals surface area contributed by atoms with Crippen LogP contribution in [-0.2, 0) is 9.47 Å². The normalized spacial score (nSPS) is 15.8. The molecule has 0 fully saturated rings. The predicted octanol–water partition coefficient (Wildman–Crippen LogP) is 4.30. The molecular formula is C21H16N2O4. The molecule has 6 nitrogen and oxygen atoms in total. The summed E-state index contributed by atoms with van der Waals surface area (Å²) >= 11 is 0. The van der Waals surface area contributed by atoms with Gasteiger partial charge in [-0.3, -0.25) is 0 Å². The molecule has 4 rings (SSSR count). The Labute approximate surface area is 155 Å². The quantitative estimate of drug-likeness (QED) is 0.875. The number of aromatic carboxylic acids is 1. The third-order valence-electron chi connectivity index (χ3n) is 4.20. The van der Waals surface area contributed by atoms with Crippen LogP contribution >= 0.6 is 0 Å². The van der Waals surface area contributed by atoms with E-state index >= 15 is 0 Å². The highest BCUT2D eigenvalue weighted by atomic mass is 16.5. The maximum absolute atomic E-state index is 11.0. The molecule has 1 aromatic carbocycles. The lowest BCUT2D eigenvalue weighted by Gasteiger charge is -2.19. The number of carbonyl (C=O) groups is 1. The maximum Gasteiger partial charge on any atom is 0.335 e. The van der Waals surface area contributed by atoms with Crippen LogP contribution in [0.1, 0.15) is 28.9 Å². The van der Waals surface area contributed by atoms with Crippen molar-refractivity contribution in [3.63, 3.8) is 0 Å². The Morgan fingerprint density at radius 3 is 2.63 bits per heavy atom. The van der Waals surface area contributed by atoms with Crippen molar-refractivity contribution in [3.05, 3.63) is 89.9 Å². The highest BCUT2D eigenvalue weighted by Crippen LogP contribution is 2.30. The van der Waals surface area contributed by atoms with Crippen LogP contribution in [-0.4, -0.2) is 21.0 Å². The summed E-state index contributed by atoms with van der Waals surface area (Å²) in [6.45, 7) is 0. The molecule has 2 aromatic rings. The number of aromatic nitrogens is 2. The number of ether oxygens (including phenoxy) is 2. The fourth-order valence-electron chi connectivity index (χ4n) is 2.78. The number of rotatable bonds is 4. The molecule has 0 saturated carbocycles. The van der Waals surface area contributed by atoms with E-state index in [4.69, 9.17) is 14.6 Å². The molecule has 0 radical (unpaired) electrons. The topological polar surface area (TPSA) is 81.5 Å². The van der Waals surface area contributed by atoms with Crippen molar-refractivity contribution >= 4 is 11.7 Å². The second-order valence-electron chi connectivity index (χ2n) is 6.01. The summed E-state index contributed by atoms with van der Waals surface area (Å²) in [5.74, 6) is 0.668. The standard InChI is InChI=1S/C21H16N2O4/c24-21(25)16-8-6-15(7-9-16)20-22-11-10-17(23-20)19-13-26-12-18(27-19)14-4-2-1-3-5-14/h1-2,4,6-13H,3,5H2,(H,24,25). The van der Waals surface area contributed by atoms with Crippen molar-refractivity contribution in [2.24, 2.45) is 0 Å². The Bertz CT molecular complexity index is 1000. The molecule has 0 spiro atoms. The molecule has 134 valence electrons. The van der Waals surface area contributed by atoms with Crippen LogP contribution in [0.25, 0.3) is 17.1 Å². The highest BCUT2D eigenvalue weighted by Gasteiger charge is 2.18. The zero-order chi connectivity index (χ0) is 18.6. The molecule has 27 heavy (non-hydrogen) atoms. The first-order valence-electron chi connectivity index (χ1n) is 8.47. The summed E-state index contributed by atoms with van der Waals surface area (Å²) in [5, 5.41) is 9.01. The molecule has 0 atom stereocenters. The summed E-state index contributed by atoms with van der Waals surface area (Å²) < 4.78 is 11.4. The zero-order valence-electron chi connectivity index (χ0n) is 14.3. The van der Waals surface area contributed by atoms with E-state index in [9.17, 15) is 4.79 Å². The molecule has 1 N–H and O–H groups in total. The summed E-state index contributed by atoms with van der Waals surface area (Å²) in [6.07, 6.45) is 12.7. The van der Waals surface area contributed by atoms with Crippen LogP contribution in [0.4, 0.5) is 0 Å². The molecule has 1 aliphatic heterocycles. The van der Waals surface area contributed by atoms with Crippen molar-refractivity contribution in [1.82, 2.24) is 9.97 Å². The third-order valence-corrected chi connectivity index (χ3v) is 4.20. The van der Waals surface area contributed by atoms with E-state index < -0.39 is 5.97 Å². The van der Waals surface area contributed by atoms with E-state index in [0.717, 1.165) is 24.0 Å². The van der Waals surface area contributed by atoms with E-state index in [1.165, 1.54) is 18.4 Å². The number of carboxylic acids is 1. The Kier molecular flexibility index (Phi) is 4.53. The average Bonchev–Trinajstić information content (AvgIpc) is 2.75. The van der Waals surface area contributed by atoms with Crippen molar-refractivity contribution in [2.75, 3.05) is 0 Å². The highest BCUT2D eigenvalue weighted by molar-refractivity contribution is 5.88. The van der Waals surface area contributed by atoms with Crippen LogP contribution in [0, 0.1) is 0 Å². The number of carboxylic acid groups (broad SMARTS) is 1. The monoisotopic (exact) mass is 360 g/mol. The van der Waals surface area contributed by atoms with Crippen molar-refractivity contribution in [2.45, 2.75) is 12.8 Å². The maximum atomic E-state index is 11.0. The van der Waals surface area contributed by atoms with Gasteiger partial charge in [-0.25, -0.2) is 14.8 Å². The molecule has 0 amide bonds. The molecule has 2 heterocycles. The second kappa shape index (κ2) is 7.29. The molecule has 0 bridgehead atoms. The van der Waals surface area contributed by atoms with Gasteiger partial charge in [0.1, 0.15) is 18.2 Å². The van der Waals surface area contributed by atoms with Gasteiger partial charge in [0.25, 0.3) is 0 Å². The van der Waals surface area contributed by atoms with Crippen LogP contribution in [0.5, 0.6) is 0 Å². The Morgan fingerprint density at radius 1 is 1.07 bits per heavy atom. The van der Waals surface area contributed by atoms with Gasteiger partial charge in [0.05, 0.1) is 5.56 Å². The zero-order valence-corrected chi connectivity index (χ0v) is 14.3. The van der Waals surface area contributed by atoms with Gasteiger partial charge in [0.2, 0.25) is 0 Å². The van der Waals surface area contributed by atoms with Gasteiger partial charge in [-0.05, 0) is 36.6 Å². The Hall–Kier alpha value is -3.67. The Morgan fingerprint density at radius 2 is 1.89 bits per heavy atom. The number of nitrogens with zero attached hydrogens (tertiary/aromatic N) is 2. The summed E-state index contributed by atoms with van der Waals surface area (Å²) in [6, 6.07) is 8.15. The lowest BCUT2D eigenvalue weighted by Crippen LogP contribution is -2.05. The molecule has 6 heteroatoms. The van der Waals surface area contributed by atoms with Crippen molar-refractivity contribution < 1.29 is 19.4 Å². The number of benzene rings is 1. The lowest BCUT2D eigenvalue weighted by atomic mass is 10.0. The van der Waals surface area contributed by atoms with Crippen LogP contribution in [0.15, 0.2) is 78.6 Å². The van der Waals surface area contributed by atoms with Crippen LogP contribution in [0.2, 0.25) is 0 Å². The largest absolute Gasteiger partial charge is 0.478 e. The SMILES string of the molecule is O=C(O)c1ccc(-c2nccc(C3=COC=C(C4=CC=CCC4)O3)n2)cc1. The molecule has 0 unspecified atom stereocenters. The number of allylic oxidation sites excluding steroid dienone is 4. The Balaban J connectivity index is 1.57. The van der Waals surface area contributed by atoms with Gasteiger partial charge in [-0.1, -0.05) is 30.4 Å². The number of hydrogen-bond donors (Lipinski definition) is 1. The minimum absolute atomic E-state index is 0.214. The van der Waals surface area contributed by atoms with Crippen molar-refractivity contribution in [1.29, 1.82) is 0 Å². The first-order chi connectivity index (χ1) is 13.2. The second-order valence-corrected chi connectivity index (χ2v) is 6.01. The number of hydrogen-bond acceptors (Lipinski definition) is 5. The summed E-state index contributed by atoms with van der Waals surface area (Å²) in [7, 11) is 0. The third kappa shape index (κ3) is 3.64. The van der Waals surface area contributed by atoms with Gasteiger partial charge in [-0.15, -0.1) is 0 Å². The minimum Gasteiger partial charge on any atom is -0.478 e. The van der Waals surface area contributed by atoms with E-state index in [2.05, 4.69) is 16.0 Å². The first-order valence-corrected chi connectivity index (χ1v) is 8.47.